The van der Waals surface area contributed by atoms with Gasteiger partial charge in [0.2, 0.25) is 11.8 Å². The molecule has 2 fully saturated rings. The molecular weight excluding hydrogens is 406 g/mol. The zero-order valence-corrected chi connectivity index (χ0v) is 17.5. The first-order valence-corrected chi connectivity index (χ1v) is 10.4. The molecule has 2 atom stereocenters. The number of likely N-dealkylation sites (tertiary alicyclic amines) is 1. The number of methoxy groups -OCH3 is 1. The highest BCUT2D eigenvalue weighted by Gasteiger charge is 2.38. The Hall–Kier alpha value is -2.80. The molecule has 2 aliphatic heterocycles. The normalized spacial score (nSPS) is 21.6. The van der Waals surface area contributed by atoms with Gasteiger partial charge in [0.25, 0.3) is 0 Å². The van der Waals surface area contributed by atoms with Crippen molar-refractivity contribution in [2.24, 2.45) is 5.92 Å². The zero-order valence-electron chi connectivity index (χ0n) is 16.8. The van der Waals surface area contributed by atoms with Crippen molar-refractivity contribution >= 4 is 29.1 Å². The average molecular weight is 430 g/mol. The Morgan fingerprint density at radius 2 is 2.13 bits per heavy atom. The van der Waals surface area contributed by atoms with Crippen molar-refractivity contribution in [3.05, 3.63) is 47.7 Å². The van der Waals surface area contributed by atoms with E-state index in [1.165, 1.54) is 0 Å². The number of rotatable bonds is 5. The molecule has 30 heavy (non-hydrogen) atoms. The molecule has 0 radical (unpaired) electrons. The monoisotopic (exact) mass is 429 g/mol. The topological polar surface area (TPSA) is 72.0 Å². The molecule has 2 amide bonds. The quantitative estimate of drug-likeness (QED) is 0.730. The van der Waals surface area contributed by atoms with E-state index in [2.05, 4.69) is 4.98 Å². The van der Waals surface area contributed by atoms with Crippen molar-refractivity contribution in [3.8, 4) is 11.5 Å². The molecule has 0 N–H and O–H groups in total. The van der Waals surface area contributed by atoms with Gasteiger partial charge in [0, 0.05) is 49.7 Å². The Bertz CT molecular complexity index is 938. The maximum absolute atomic E-state index is 13.1. The molecule has 3 heterocycles. The van der Waals surface area contributed by atoms with Gasteiger partial charge in [0.15, 0.2) is 0 Å². The van der Waals surface area contributed by atoms with Crippen LogP contribution >= 0.6 is 11.6 Å². The van der Waals surface area contributed by atoms with Crippen LogP contribution in [-0.4, -0.2) is 54.5 Å². The van der Waals surface area contributed by atoms with E-state index < -0.39 is 0 Å². The molecule has 0 bridgehead atoms. The van der Waals surface area contributed by atoms with Crippen molar-refractivity contribution in [2.75, 3.05) is 31.6 Å². The number of halogens is 1. The smallest absolute Gasteiger partial charge is 0.228 e. The summed E-state index contributed by atoms with van der Waals surface area (Å²) in [5.41, 5.74) is 0.752. The van der Waals surface area contributed by atoms with Gasteiger partial charge < -0.3 is 19.3 Å². The van der Waals surface area contributed by atoms with Crippen LogP contribution < -0.4 is 14.4 Å². The molecule has 0 spiro atoms. The van der Waals surface area contributed by atoms with E-state index in [1.807, 2.05) is 29.2 Å². The lowest BCUT2D eigenvalue weighted by Crippen LogP contribution is -2.47. The van der Waals surface area contributed by atoms with E-state index >= 15 is 0 Å². The number of hydrogen-bond acceptors (Lipinski definition) is 5. The third kappa shape index (κ3) is 4.36. The lowest BCUT2D eigenvalue weighted by molar-refractivity contribution is -0.138. The van der Waals surface area contributed by atoms with E-state index in [1.54, 1.807) is 30.5 Å². The summed E-state index contributed by atoms with van der Waals surface area (Å²) in [6, 6.07) is 9.07. The molecule has 0 aliphatic carbocycles. The first kappa shape index (κ1) is 20.5. The maximum Gasteiger partial charge on any atom is 0.228 e. The lowest BCUT2D eigenvalue weighted by atomic mass is 10.0. The average Bonchev–Trinajstić information content (AvgIpc) is 3.16. The highest BCUT2D eigenvalue weighted by atomic mass is 35.5. The molecule has 4 rings (SSSR count). The summed E-state index contributed by atoms with van der Waals surface area (Å²) in [5, 5.41) is 0.455. The Morgan fingerprint density at radius 1 is 1.27 bits per heavy atom. The number of carbonyl (C=O) groups excluding carboxylic acids is 2. The highest BCUT2D eigenvalue weighted by Crippen LogP contribution is 2.30. The number of aromatic nitrogens is 1. The SMILES string of the molecule is COc1cccc(N2CC(C(=O)N3CCCC(Oc4ccncc4Cl)C3)CC2=O)c1. The first-order chi connectivity index (χ1) is 14.5. The number of benzene rings is 1. The van der Waals surface area contributed by atoms with Crippen molar-refractivity contribution in [1.29, 1.82) is 0 Å². The largest absolute Gasteiger partial charge is 0.497 e. The minimum atomic E-state index is -0.355. The third-order valence-electron chi connectivity index (χ3n) is 5.56. The van der Waals surface area contributed by atoms with Crippen LogP contribution in [0, 0.1) is 5.92 Å². The van der Waals surface area contributed by atoms with E-state index in [4.69, 9.17) is 21.1 Å². The van der Waals surface area contributed by atoms with E-state index in [0.717, 1.165) is 18.5 Å². The molecule has 2 aliphatic rings. The number of piperidine rings is 1. The summed E-state index contributed by atoms with van der Waals surface area (Å²) in [6.45, 7) is 1.54. The van der Waals surface area contributed by atoms with Crippen molar-refractivity contribution in [1.82, 2.24) is 9.88 Å². The van der Waals surface area contributed by atoms with Crippen LogP contribution in [0.3, 0.4) is 0 Å². The summed E-state index contributed by atoms with van der Waals surface area (Å²) in [4.78, 5) is 33.2. The Balaban J connectivity index is 1.40. The van der Waals surface area contributed by atoms with Crippen LogP contribution in [-0.2, 0) is 9.59 Å². The number of anilines is 1. The van der Waals surface area contributed by atoms with Crippen LogP contribution in [0.1, 0.15) is 19.3 Å². The molecule has 1 aromatic heterocycles. The number of nitrogens with zero attached hydrogens (tertiary/aromatic N) is 3. The fourth-order valence-corrected chi connectivity index (χ4v) is 4.20. The second kappa shape index (κ2) is 8.92. The Labute approximate surface area is 180 Å². The number of ether oxygens (including phenoxy) is 2. The van der Waals surface area contributed by atoms with Crippen LogP contribution in [0.15, 0.2) is 42.7 Å². The van der Waals surface area contributed by atoms with Gasteiger partial charge in [0.05, 0.1) is 19.6 Å². The number of hydrogen-bond donors (Lipinski definition) is 0. The van der Waals surface area contributed by atoms with Gasteiger partial charge >= 0.3 is 0 Å². The second-order valence-corrected chi connectivity index (χ2v) is 7.99. The minimum absolute atomic E-state index is 0.00266. The van der Waals surface area contributed by atoms with Gasteiger partial charge in [-0.2, -0.15) is 0 Å². The van der Waals surface area contributed by atoms with Crippen LogP contribution in [0.4, 0.5) is 5.69 Å². The summed E-state index contributed by atoms with van der Waals surface area (Å²) in [6.07, 6.45) is 4.95. The molecule has 7 nitrogen and oxygen atoms in total. The van der Waals surface area contributed by atoms with Gasteiger partial charge in [-0.1, -0.05) is 17.7 Å². The van der Waals surface area contributed by atoms with Crippen molar-refractivity contribution < 1.29 is 19.1 Å². The number of carbonyl (C=O) groups is 2. The predicted molar refractivity (Wildman–Crippen MR) is 113 cm³/mol. The molecule has 2 unspecified atom stereocenters. The van der Waals surface area contributed by atoms with Gasteiger partial charge in [0.1, 0.15) is 22.6 Å². The molecule has 8 heteroatoms. The molecule has 1 aromatic carbocycles. The summed E-state index contributed by atoms with van der Waals surface area (Å²) in [5.74, 6) is 0.858. The molecule has 2 saturated heterocycles. The standard InChI is InChI=1S/C22H24ClN3O4/c1-29-17-5-2-4-16(11-17)26-13-15(10-21(26)27)22(28)25-9-3-6-18(14-25)30-20-7-8-24-12-19(20)23/h2,4-5,7-8,11-12,15,18H,3,6,9-10,13-14H2,1H3. The number of amides is 2. The predicted octanol–water partition coefficient (Wildman–Crippen LogP) is 3.17. The summed E-state index contributed by atoms with van der Waals surface area (Å²) >= 11 is 6.14. The van der Waals surface area contributed by atoms with Gasteiger partial charge in [-0.25, -0.2) is 0 Å². The zero-order chi connectivity index (χ0) is 21.1. The fraction of sp³-hybridized carbons (Fsp3) is 0.409. The van der Waals surface area contributed by atoms with Crippen LogP contribution in [0.2, 0.25) is 5.02 Å². The van der Waals surface area contributed by atoms with Crippen molar-refractivity contribution in [2.45, 2.75) is 25.4 Å². The van der Waals surface area contributed by atoms with Crippen LogP contribution in [0.5, 0.6) is 11.5 Å². The fourth-order valence-electron chi connectivity index (χ4n) is 4.03. The summed E-state index contributed by atoms with van der Waals surface area (Å²) < 4.78 is 11.3. The Kier molecular flexibility index (Phi) is 6.08. The number of pyridine rings is 1. The summed E-state index contributed by atoms with van der Waals surface area (Å²) in [7, 11) is 1.59. The maximum atomic E-state index is 13.1. The molecule has 158 valence electrons. The van der Waals surface area contributed by atoms with Gasteiger partial charge in [-0.15, -0.1) is 0 Å². The van der Waals surface area contributed by atoms with Gasteiger partial charge in [-0.3, -0.25) is 14.6 Å². The van der Waals surface area contributed by atoms with Crippen molar-refractivity contribution in [3.63, 3.8) is 0 Å². The third-order valence-corrected chi connectivity index (χ3v) is 5.84. The van der Waals surface area contributed by atoms with E-state index in [0.29, 0.717) is 36.2 Å². The second-order valence-electron chi connectivity index (χ2n) is 7.58. The van der Waals surface area contributed by atoms with E-state index in [9.17, 15) is 9.59 Å². The minimum Gasteiger partial charge on any atom is -0.497 e. The van der Waals surface area contributed by atoms with E-state index in [-0.39, 0.29) is 30.3 Å². The van der Waals surface area contributed by atoms with Gasteiger partial charge in [-0.05, 0) is 25.0 Å². The molecule has 2 aromatic rings. The highest BCUT2D eigenvalue weighted by molar-refractivity contribution is 6.31. The van der Waals surface area contributed by atoms with Crippen LogP contribution in [0.25, 0.3) is 0 Å². The lowest BCUT2D eigenvalue weighted by Gasteiger charge is -2.34. The molecule has 0 saturated carbocycles. The first-order valence-electron chi connectivity index (χ1n) is 10.0. The molecular formula is C22H24ClN3O4. The Morgan fingerprint density at radius 3 is 2.93 bits per heavy atom.